The minimum absolute atomic E-state index is 0. The summed E-state index contributed by atoms with van der Waals surface area (Å²) in [7, 11) is 2.14. The maximum atomic E-state index is 13.5. The van der Waals surface area contributed by atoms with Gasteiger partial charge in [0.05, 0.1) is 5.56 Å². The van der Waals surface area contributed by atoms with Crippen molar-refractivity contribution in [2.75, 3.05) is 43.4 Å². The molecular formula is C30H32F3N5O. The first-order chi connectivity index (χ1) is 18.7. The summed E-state index contributed by atoms with van der Waals surface area (Å²) in [4.78, 5) is 22.6. The highest BCUT2D eigenvalue weighted by molar-refractivity contribution is 5.62. The van der Waals surface area contributed by atoms with Gasteiger partial charge < -0.3 is 15.1 Å². The lowest BCUT2D eigenvalue weighted by atomic mass is 9.86. The third-order valence-corrected chi connectivity index (χ3v) is 7.75. The van der Waals surface area contributed by atoms with Crippen LogP contribution in [0.4, 0.5) is 24.5 Å². The van der Waals surface area contributed by atoms with Gasteiger partial charge in [0.25, 0.3) is 5.56 Å². The average molecular weight is 536 g/mol. The molecule has 1 N–H and O–H groups in total. The van der Waals surface area contributed by atoms with Crippen molar-refractivity contribution < 1.29 is 14.6 Å². The first kappa shape index (κ1) is 25.4. The Balaban J connectivity index is 0.00000323. The second-order valence-electron chi connectivity index (χ2n) is 10.5. The molecule has 9 heteroatoms. The Bertz CT molecular complexity index is 1610. The molecule has 1 saturated heterocycles. The molecule has 3 aromatic rings. The fourth-order valence-electron chi connectivity index (χ4n) is 5.61. The first-order valence-corrected chi connectivity index (χ1v) is 13.2. The number of likely N-dealkylation sites (N-methyl/N-ethyl adjacent to an activating group) is 1. The Labute approximate surface area is 225 Å². The molecule has 0 amide bonds. The maximum absolute atomic E-state index is 13.5. The van der Waals surface area contributed by atoms with Crippen LogP contribution in [0, 0.1) is 0 Å². The molecular weight excluding hydrogens is 503 g/mol. The Kier molecular flexibility index (Phi) is 6.33. The van der Waals surface area contributed by atoms with Gasteiger partial charge >= 0.3 is 6.18 Å². The van der Waals surface area contributed by atoms with Gasteiger partial charge in [0.15, 0.2) is 5.66 Å². The summed E-state index contributed by atoms with van der Waals surface area (Å²) in [5.74, 6) is 0. The molecule has 39 heavy (non-hydrogen) atoms. The van der Waals surface area contributed by atoms with Crippen molar-refractivity contribution in [1.29, 1.82) is 0 Å². The number of piperazine rings is 1. The zero-order valence-electron chi connectivity index (χ0n) is 21.7. The largest absolute Gasteiger partial charge is 0.416 e. The average Bonchev–Trinajstić information content (AvgIpc) is 3.15. The number of hydrogen-bond acceptors (Lipinski definition) is 5. The predicted molar refractivity (Wildman–Crippen MR) is 148 cm³/mol. The molecule has 1 unspecified atom stereocenters. The number of halogens is 3. The van der Waals surface area contributed by atoms with Crippen LogP contribution in [0.5, 0.6) is 0 Å². The van der Waals surface area contributed by atoms with Crippen LogP contribution in [-0.4, -0.2) is 48.4 Å². The monoisotopic (exact) mass is 535 g/mol. The quantitative estimate of drug-likeness (QED) is 0.524. The van der Waals surface area contributed by atoms with Crippen LogP contribution in [-0.2, 0) is 19.1 Å². The van der Waals surface area contributed by atoms with E-state index in [2.05, 4.69) is 40.4 Å². The van der Waals surface area contributed by atoms with E-state index in [1.54, 1.807) is 12.1 Å². The molecule has 1 aliphatic carbocycles. The Morgan fingerprint density at radius 2 is 1.72 bits per heavy atom. The van der Waals surface area contributed by atoms with Gasteiger partial charge in [0.2, 0.25) is 0 Å². The molecule has 3 aliphatic heterocycles. The molecule has 1 aromatic heterocycles. The number of aryl methyl sites for hydroxylation is 1. The molecule has 204 valence electrons. The number of aromatic nitrogens is 1. The van der Waals surface area contributed by atoms with Crippen molar-refractivity contribution in [3.05, 3.63) is 104 Å². The van der Waals surface area contributed by atoms with Gasteiger partial charge in [-0.1, -0.05) is 18.2 Å². The second kappa shape index (κ2) is 9.72. The summed E-state index contributed by atoms with van der Waals surface area (Å²) in [5.41, 5.74) is 2.17. The number of nitrogens with one attached hydrogen (secondary N) is 1. The van der Waals surface area contributed by atoms with Crippen LogP contribution in [0.15, 0.2) is 82.1 Å². The zero-order chi connectivity index (χ0) is 27.2. The standard InChI is InChI=1S/C30H30F3N5O.H2/c1-36-14-16-37(17-15-36)25-9-7-24(8-10-25)34-29-19-21(20-29)18-23-6-11-27(39)38(28(23)35-29)13-12-22-4-2-3-5-26(22)30(31,32)33;/h2-11,18-19,34H,12-17,20H2,1H3;1H. The van der Waals surface area contributed by atoms with Crippen LogP contribution >= 0.6 is 0 Å². The summed E-state index contributed by atoms with van der Waals surface area (Å²) >= 11 is 0. The summed E-state index contributed by atoms with van der Waals surface area (Å²) < 4.78 is 42.1. The lowest BCUT2D eigenvalue weighted by Gasteiger charge is -2.36. The van der Waals surface area contributed by atoms with E-state index in [1.807, 2.05) is 18.2 Å². The maximum Gasteiger partial charge on any atom is 0.416 e. The Morgan fingerprint density at radius 1 is 1.00 bits per heavy atom. The summed E-state index contributed by atoms with van der Waals surface area (Å²) in [6.45, 7) is 4.15. The molecule has 1 fully saturated rings. The van der Waals surface area contributed by atoms with Crippen molar-refractivity contribution >= 4 is 17.5 Å². The number of hydrogen-bond donors (Lipinski definition) is 1. The van der Waals surface area contributed by atoms with Crippen LogP contribution in [0.2, 0.25) is 0 Å². The van der Waals surface area contributed by atoms with Crippen LogP contribution < -0.4 is 26.5 Å². The molecule has 4 heterocycles. The minimum atomic E-state index is -4.45. The third kappa shape index (κ3) is 5.11. The lowest BCUT2D eigenvalue weighted by Crippen LogP contribution is -2.47. The van der Waals surface area contributed by atoms with E-state index in [9.17, 15) is 18.0 Å². The van der Waals surface area contributed by atoms with Crippen molar-refractivity contribution in [3.8, 4) is 0 Å². The van der Waals surface area contributed by atoms with E-state index in [4.69, 9.17) is 4.99 Å². The SMILES string of the molecule is CN1CCN(c2ccc(NC34C=C(C=c5ccc(=O)n(CCc6ccccc6C(F)(F)F)c5=N3)C4)cc2)CC1.[HH]. The highest BCUT2D eigenvalue weighted by Crippen LogP contribution is 2.37. The molecule has 2 bridgehead atoms. The molecule has 4 aliphatic rings. The second-order valence-corrected chi connectivity index (χ2v) is 10.5. The van der Waals surface area contributed by atoms with Gasteiger partial charge in [-0.3, -0.25) is 9.36 Å². The number of benzene rings is 2. The topological polar surface area (TPSA) is 52.9 Å². The molecule has 0 saturated carbocycles. The van der Waals surface area contributed by atoms with Crippen molar-refractivity contribution in [3.63, 3.8) is 0 Å². The van der Waals surface area contributed by atoms with E-state index in [0.717, 1.165) is 48.7 Å². The highest BCUT2D eigenvalue weighted by Gasteiger charge is 2.37. The first-order valence-electron chi connectivity index (χ1n) is 13.2. The predicted octanol–water partition coefficient (Wildman–Crippen LogP) is 3.66. The van der Waals surface area contributed by atoms with E-state index in [0.29, 0.717) is 11.9 Å². The Morgan fingerprint density at radius 3 is 2.44 bits per heavy atom. The van der Waals surface area contributed by atoms with Gasteiger partial charge in [0.1, 0.15) is 5.49 Å². The smallest absolute Gasteiger partial charge is 0.369 e. The third-order valence-electron chi connectivity index (χ3n) is 7.75. The lowest BCUT2D eigenvalue weighted by molar-refractivity contribution is -0.138. The Hall–Kier alpha value is -3.85. The number of alkyl halides is 3. The molecule has 0 radical (unpaired) electrons. The fraction of sp³-hybridized carbons (Fsp3) is 0.333. The number of pyridine rings is 1. The van der Waals surface area contributed by atoms with Crippen LogP contribution in [0.3, 0.4) is 0 Å². The molecule has 2 aromatic carbocycles. The highest BCUT2D eigenvalue weighted by atomic mass is 19.4. The van der Waals surface area contributed by atoms with Gasteiger partial charge in [-0.2, -0.15) is 13.2 Å². The van der Waals surface area contributed by atoms with Gasteiger partial charge in [-0.05, 0) is 73.2 Å². The van der Waals surface area contributed by atoms with Gasteiger partial charge in [-0.15, -0.1) is 0 Å². The molecule has 6 nitrogen and oxygen atoms in total. The van der Waals surface area contributed by atoms with Crippen molar-refractivity contribution in [2.45, 2.75) is 31.2 Å². The number of rotatable bonds is 6. The van der Waals surface area contributed by atoms with Crippen LogP contribution in [0.25, 0.3) is 6.08 Å². The normalized spacial score (nSPS) is 20.6. The number of anilines is 2. The van der Waals surface area contributed by atoms with Crippen molar-refractivity contribution in [2.24, 2.45) is 4.99 Å². The van der Waals surface area contributed by atoms with Crippen molar-refractivity contribution in [1.82, 2.24) is 9.47 Å². The van der Waals surface area contributed by atoms with Gasteiger partial charge in [-0.25, -0.2) is 4.99 Å². The van der Waals surface area contributed by atoms with Crippen LogP contribution in [0.1, 0.15) is 19.0 Å². The molecule has 0 spiro atoms. The van der Waals surface area contributed by atoms with E-state index < -0.39 is 17.4 Å². The molecule has 1 atom stereocenters. The van der Waals surface area contributed by atoms with Gasteiger partial charge in [0, 0.05) is 63.2 Å². The zero-order valence-corrected chi connectivity index (χ0v) is 21.7. The summed E-state index contributed by atoms with van der Waals surface area (Å²) in [6.07, 6.45) is 0.327. The van der Waals surface area contributed by atoms with E-state index in [-0.39, 0.29) is 25.5 Å². The van der Waals surface area contributed by atoms with E-state index >= 15 is 0 Å². The number of nitrogens with zero attached hydrogens (tertiary/aromatic N) is 4. The summed E-state index contributed by atoms with van der Waals surface area (Å²) in [5, 5.41) is 4.33. The minimum Gasteiger partial charge on any atom is -0.369 e. The van der Waals surface area contributed by atoms with E-state index in [1.165, 1.54) is 28.5 Å². The summed E-state index contributed by atoms with van der Waals surface area (Å²) in [6, 6.07) is 17.0. The molecule has 7 rings (SSSR count). The fourth-order valence-corrected chi connectivity index (χ4v) is 5.61.